The maximum Gasteiger partial charge on any atom is 0.139 e. The summed E-state index contributed by atoms with van der Waals surface area (Å²) in [6.07, 6.45) is 9.58. The molecule has 3 aliphatic rings. The number of carbonyl (C=O) groups is 1. The molecule has 0 aromatic heterocycles. The zero-order chi connectivity index (χ0) is 13.9. The normalized spacial score (nSPS) is 48.7. The van der Waals surface area contributed by atoms with Gasteiger partial charge in [0.2, 0.25) is 0 Å². The fraction of sp³-hybridized carbons (Fsp3) is 0.944. The highest BCUT2D eigenvalue weighted by molar-refractivity contribution is 5.86. The Labute approximate surface area is 118 Å². The van der Waals surface area contributed by atoms with Crippen molar-refractivity contribution in [3.63, 3.8) is 0 Å². The van der Waals surface area contributed by atoms with E-state index < -0.39 is 0 Å². The smallest absolute Gasteiger partial charge is 0.139 e. The molecule has 1 unspecified atom stereocenters. The second-order valence-electron chi connectivity index (χ2n) is 8.30. The van der Waals surface area contributed by atoms with Crippen LogP contribution in [0.1, 0.15) is 79.1 Å². The fourth-order valence-electron chi connectivity index (χ4n) is 6.14. The predicted octanol–water partition coefficient (Wildman–Crippen LogP) is 4.99. The topological polar surface area (TPSA) is 17.1 Å². The van der Waals surface area contributed by atoms with Crippen molar-refractivity contribution in [2.45, 2.75) is 79.1 Å². The Morgan fingerprint density at radius 1 is 1.16 bits per heavy atom. The molecular formula is C18H30O. The van der Waals surface area contributed by atoms with Gasteiger partial charge in [0, 0.05) is 11.8 Å². The number of fused-ring (bicyclic) bond motifs is 2. The summed E-state index contributed by atoms with van der Waals surface area (Å²) in [7, 11) is 0. The van der Waals surface area contributed by atoms with Crippen LogP contribution in [0.2, 0.25) is 0 Å². The van der Waals surface area contributed by atoms with Crippen LogP contribution in [-0.4, -0.2) is 5.78 Å². The Balaban J connectivity index is 2.00. The number of Topliss-reactive ketones (excluding diaryl/α,β-unsaturated/α-hetero) is 1. The molecule has 3 fully saturated rings. The van der Waals surface area contributed by atoms with E-state index in [9.17, 15) is 4.79 Å². The monoisotopic (exact) mass is 262 g/mol. The van der Waals surface area contributed by atoms with Gasteiger partial charge in [0.05, 0.1) is 0 Å². The van der Waals surface area contributed by atoms with Gasteiger partial charge in [-0.2, -0.15) is 0 Å². The van der Waals surface area contributed by atoms with Crippen LogP contribution in [-0.2, 0) is 4.79 Å². The average molecular weight is 262 g/mol. The van der Waals surface area contributed by atoms with E-state index in [-0.39, 0.29) is 5.41 Å². The molecule has 0 radical (unpaired) electrons. The van der Waals surface area contributed by atoms with Crippen molar-refractivity contribution in [2.24, 2.45) is 28.1 Å². The number of hydrogen-bond donors (Lipinski definition) is 0. The summed E-state index contributed by atoms with van der Waals surface area (Å²) in [6.45, 7) is 9.72. The van der Waals surface area contributed by atoms with Crippen LogP contribution in [0.3, 0.4) is 0 Å². The molecule has 1 nitrogen and oxygen atoms in total. The summed E-state index contributed by atoms with van der Waals surface area (Å²) < 4.78 is 0. The third-order valence-electron chi connectivity index (χ3n) is 7.92. The van der Waals surface area contributed by atoms with Gasteiger partial charge in [0.1, 0.15) is 5.78 Å². The van der Waals surface area contributed by atoms with Crippen molar-refractivity contribution < 1.29 is 4.79 Å². The van der Waals surface area contributed by atoms with Gasteiger partial charge in [-0.25, -0.2) is 0 Å². The zero-order valence-electron chi connectivity index (χ0n) is 13.2. The lowest BCUT2D eigenvalue weighted by Gasteiger charge is -2.50. The second kappa shape index (κ2) is 4.09. The van der Waals surface area contributed by atoms with Gasteiger partial charge in [0.25, 0.3) is 0 Å². The van der Waals surface area contributed by atoms with Gasteiger partial charge in [-0.3, -0.25) is 4.79 Å². The Morgan fingerprint density at radius 2 is 1.89 bits per heavy atom. The van der Waals surface area contributed by atoms with Crippen molar-refractivity contribution in [3.8, 4) is 0 Å². The lowest BCUT2D eigenvalue weighted by Crippen LogP contribution is -2.48. The maximum absolute atomic E-state index is 12.8. The zero-order valence-corrected chi connectivity index (χ0v) is 13.2. The van der Waals surface area contributed by atoms with Crippen molar-refractivity contribution in [1.29, 1.82) is 0 Å². The SMILES string of the molecule is CCC1([C@H]2C[C@@H]3CC[C@@]2(C)C3(C)C)CCCCC1=O. The van der Waals surface area contributed by atoms with Crippen LogP contribution in [0.15, 0.2) is 0 Å². The largest absolute Gasteiger partial charge is 0.299 e. The van der Waals surface area contributed by atoms with Crippen LogP contribution in [0.4, 0.5) is 0 Å². The van der Waals surface area contributed by atoms with E-state index in [4.69, 9.17) is 0 Å². The molecule has 3 saturated carbocycles. The first-order chi connectivity index (χ1) is 8.88. The van der Waals surface area contributed by atoms with Gasteiger partial charge in [-0.1, -0.05) is 34.1 Å². The molecule has 0 N–H and O–H groups in total. The van der Waals surface area contributed by atoms with E-state index in [1.807, 2.05) is 0 Å². The lowest BCUT2D eigenvalue weighted by atomic mass is 9.53. The highest BCUT2D eigenvalue weighted by Gasteiger charge is 2.66. The first-order valence-corrected chi connectivity index (χ1v) is 8.42. The number of hydrogen-bond acceptors (Lipinski definition) is 1. The molecule has 2 bridgehead atoms. The average Bonchev–Trinajstić information content (AvgIpc) is 2.72. The fourth-order valence-corrected chi connectivity index (χ4v) is 6.14. The second-order valence-corrected chi connectivity index (χ2v) is 8.30. The molecule has 1 heteroatoms. The quantitative estimate of drug-likeness (QED) is 0.685. The number of ketones is 1. The van der Waals surface area contributed by atoms with E-state index in [1.54, 1.807) is 0 Å². The highest BCUT2D eigenvalue weighted by Crippen LogP contribution is 2.72. The molecule has 0 spiro atoms. The molecule has 19 heavy (non-hydrogen) atoms. The Bertz CT molecular complexity index is 396. The molecular weight excluding hydrogens is 232 g/mol. The van der Waals surface area contributed by atoms with E-state index in [2.05, 4.69) is 27.7 Å². The summed E-state index contributed by atoms with van der Waals surface area (Å²) in [4.78, 5) is 12.8. The Kier molecular flexibility index (Phi) is 2.93. The van der Waals surface area contributed by atoms with Crippen molar-refractivity contribution in [2.75, 3.05) is 0 Å². The summed E-state index contributed by atoms with van der Waals surface area (Å²) in [5.74, 6) is 2.13. The third-order valence-corrected chi connectivity index (χ3v) is 7.92. The summed E-state index contributed by atoms with van der Waals surface area (Å²) in [5, 5.41) is 0. The van der Waals surface area contributed by atoms with Crippen LogP contribution in [0.5, 0.6) is 0 Å². The van der Waals surface area contributed by atoms with Crippen LogP contribution in [0, 0.1) is 28.1 Å². The van der Waals surface area contributed by atoms with Gasteiger partial charge >= 0.3 is 0 Å². The minimum atomic E-state index is 0.0411. The Hall–Kier alpha value is -0.330. The molecule has 0 aromatic carbocycles. The third kappa shape index (κ3) is 1.51. The van der Waals surface area contributed by atoms with Crippen molar-refractivity contribution in [3.05, 3.63) is 0 Å². The molecule has 108 valence electrons. The van der Waals surface area contributed by atoms with E-state index in [0.29, 0.717) is 22.5 Å². The summed E-state index contributed by atoms with van der Waals surface area (Å²) in [5.41, 5.74) is 0.887. The minimum absolute atomic E-state index is 0.0411. The van der Waals surface area contributed by atoms with Crippen LogP contribution < -0.4 is 0 Å². The molecule has 3 rings (SSSR count). The van der Waals surface area contributed by atoms with Gasteiger partial charge in [0.15, 0.2) is 0 Å². The van der Waals surface area contributed by atoms with Gasteiger partial charge in [-0.05, 0) is 61.2 Å². The molecule has 0 saturated heterocycles. The van der Waals surface area contributed by atoms with Crippen molar-refractivity contribution in [1.82, 2.24) is 0 Å². The first-order valence-electron chi connectivity index (χ1n) is 8.42. The summed E-state index contributed by atoms with van der Waals surface area (Å²) >= 11 is 0. The molecule has 3 aliphatic carbocycles. The maximum atomic E-state index is 12.8. The lowest BCUT2D eigenvalue weighted by molar-refractivity contribution is -0.140. The van der Waals surface area contributed by atoms with Crippen molar-refractivity contribution >= 4 is 5.78 Å². The van der Waals surface area contributed by atoms with Gasteiger partial charge in [-0.15, -0.1) is 0 Å². The molecule has 0 aromatic rings. The summed E-state index contributed by atoms with van der Waals surface area (Å²) in [6, 6.07) is 0. The number of rotatable bonds is 2. The van der Waals surface area contributed by atoms with Crippen LogP contribution in [0.25, 0.3) is 0 Å². The first kappa shape index (κ1) is 13.6. The van der Waals surface area contributed by atoms with Gasteiger partial charge < -0.3 is 0 Å². The van der Waals surface area contributed by atoms with E-state index in [1.165, 1.54) is 32.1 Å². The minimum Gasteiger partial charge on any atom is -0.299 e. The highest BCUT2D eigenvalue weighted by atomic mass is 16.1. The van der Waals surface area contributed by atoms with E-state index in [0.717, 1.165) is 25.2 Å². The molecule has 0 aliphatic heterocycles. The van der Waals surface area contributed by atoms with E-state index >= 15 is 0 Å². The predicted molar refractivity (Wildman–Crippen MR) is 78.9 cm³/mol. The standard InChI is InChI=1S/C18H30O/c1-5-18(10-7-6-8-15(18)19)14-12-13-9-11-17(14,4)16(13,2)3/h13-14H,5-12H2,1-4H3/t13-,14-,17+,18?/m0/s1. The molecule has 0 heterocycles. The molecule has 4 atom stereocenters. The molecule has 0 amide bonds. The Morgan fingerprint density at radius 3 is 2.37 bits per heavy atom. The van der Waals surface area contributed by atoms with Crippen LogP contribution >= 0.6 is 0 Å². The number of carbonyl (C=O) groups excluding carboxylic acids is 1.